The summed E-state index contributed by atoms with van der Waals surface area (Å²) in [5.41, 5.74) is 0.835. The number of anilines is 1. The average Bonchev–Trinajstić information content (AvgIpc) is 2.54. The average molecular weight is 228 g/mol. The molecular weight excluding hydrogens is 217 g/mol. The highest BCUT2D eigenvalue weighted by Gasteiger charge is 2.42. The SMILES string of the molecule is Fc1cc(N2C[C@@H]3CNC[C@@H]32)cnc1Cl. The van der Waals surface area contributed by atoms with Crippen molar-refractivity contribution in [2.75, 3.05) is 24.5 Å². The van der Waals surface area contributed by atoms with Crippen LogP contribution < -0.4 is 10.2 Å². The summed E-state index contributed by atoms with van der Waals surface area (Å²) in [4.78, 5) is 6.00. The minimum Gasteiger partial charge on any atom is -0.365 e. The van der Waals surface area contributed by atoms with E-state index in [4.69, 9.17) is 11.6 Å². The van der Waals surface area contributed by atoms with Gasteiger partial charge in [-0.15, -0.1) is 0 Å². The highest BCUT2D eigenvalue weighted by Crippen LogP contribution is 2.33. The molecular formula is C10H11ClFN3. The van der Waals surface area contributed by atoms with Gasteiger partial charge in [0.2, 0.25) is 0 Å². The van der Waals surface area contributed by atoms with E-state index in [1.807, 2.05) is 0 Å². The third-order valence-corrected chi connectivity index (χ3v) is 3.53. The zero-order valence-corrected chi connectivity index (χ0v) is 8.84. The summed E-state index contributed by atoms with van der Waals surface area (Å²) in [5, 5.41) is 3.27. The van der Waals surface area contributed by atoms with Crippen LogP contribution in [0.3, 0.4) is 0 Å². The summed E-state index contributed by atoms with van der Waals surface area (Å²) in [6.45, 7) is 3.04. The van der Waals surface area contributed by atoms with Gasteiger partial charge in [0.05, 0.1) is 11.9 Å². The van der Waals surface area contributed by atoms with Gasteiger partial charge in [0.25, 0.3) is 0 Å². The van der Waals surface area contributed by atoms with E-state index in [9.17, 15) is 4.39 Å². The minimum absolute atomic E-state index is 0.0552. The molecule has 2 saturated heterocycles. The lowest BCUT2D eigenvalue weighted by atomic mass is 9.91. The molecule has 3 rings (SSSR count). The number of hydrogen-bond acceptors (Lipinski definition) is 3. The fourth-order valence-corrected chi connectivity index (χ4v) is 2.49. The number of halogens is 2. The number of hydrogen-bond donors (Lipinski definition) is 1. The number of pyridine rings is 1. The molecule has 0 saturated carbocycles. The van der Waals surface area contributed by atoms with Crippen LogP contribution in [0.4, 0.5) is 10.1 Å². The quantitative estimate of drug-likeness (QED) is 0.733. The Kier molecular flexibility index (Phi) is 2.07. The number of aromatic nitrogens is 1. The minimum atomic E-state index is -0.441. The molecule has 0 spiro atoms. The van der Waals surface area contributed by atoms with Crippen molar-refractivity contribution in [3.8, 4) is 0 Å². The van der Waals surface area contributed by atoms with Crippen LogP contribution in [0.2, 0.25) is 5.15 Å². The molecule has 0 bridgehead atoms. The summed E-state index contributed by atoms with van der Waals surface area (Å²) in [7, 11) is 0. The van der Waals surface area contributed by atoms with E-state index in [0.717, 1.165) is 25.3 Å². The first kappa shape index (κ1) is 9.36. The maximum Gasteiger partial charge on any atom is 0.164 e. The van der Waals surface area contributed by atoms with Gasteiger partial charge in [-0.1, -0.05) is 11.6 Å². The summed E-state index contributed by atoms with van der Waals surface area (Å²) in [5.74, 6) is 0.271. The van der Waals surface area contributed by atoms with E-state index >= 15 is 0 Å². The van der Waals surface area contributed by atoms with E-state index in [1.165, 1.54) is 6.07 Å². The first-order valence-electron chi connectivity index (χ1n) is 5.04. The van der Waals surface area contributed by atoms with Crippen molar-refractivity contribution in [2.24, 2.45) is 5.92 Å². The van der Waals surface area contributed by atoms with Gasteiger partial charge < -0.3 is 10.2 Å². The first-order valence-corrected chi connectivity index (χ1v) is 5.42. The molecule has 2 fully saturated rings. The Labute approximate surface area is 92.2 Å². The molecule has 5 heteroatoms. The molecule has 1 aromatic heterocycles. The largest absolute Gasteiger partial charge is 0.365 e. The van der Waals surface area contributed by atoms with Crippen LogP contribution in [0.15, 0.2) is 12.3 Å². The van der Waals surface area contributed by atoms with E-state index in [-0.39, 0.29) is 5.15 Å². The summed E-state index contributed by atoms with van der Waals surface area (Å²) >= 11 is 5.54. The Hall–Kier alpha value is -0.870. The van der Waals surface area contributed by atoms with Gasteiger partial charge in [0.1, 0.15) is 0 Å². The van der Waals surface area contributed by atoms with Gasteiger partial charge in [0.15, 0.2) is 11.0 Å². The van der Waals surface area contributed by atoms with Gasteiger partial charge >= 0.3 is 0 Å². The highest BCUT2D eigenvalue weighted by atomic mass is 35.5. The summed E-state index contributed by atoms with van der Waals surface area (Å²) in [6, 6.07) is 1.97. The predicted octanol–water partition coefficient (Wildman–Crippen LogP) is 1.28. The Morgan fingerprint density at radius 3 is 3.13 bits per heavy atom. The van der Waals surface area contributed by atoms with Gasteiger partial charge in [-0.05, 0) is 0 Å². The van der Waals surface area contributed by atoms with Crippen LogP contribution in [-0.4, -0.2) is 30.7 Å². The molecule has 15 heavy (non-hydrogen) atoms. The lowest BCUT2D eigenvalue weighted by molar-refractivity contribution is 0.364. The lowest BCUT2D eigenvalue weighted by Crippen LogP contribution is -2.55. The maximum atomic E-state index is 13.2. The van der Waals surface area contributed by atoms with E-state index < -0.39 is 5.82 Å². The molecule has 80 valence electrons. The normalized spacial score (nSPS) is 28.8. The second-order valence-corrected chi connectivity index (χ2v) is 4.46. The van der Waals surface area contributed by atoms with Crippen LogP contribution >= 0.6 is 11.6 Å². The van der Waals surface area contributed by atoms with Crippen molar-refractivity contribution in [1.29, 1.82) is 0 Å². The zero-order valence-electron chi connectivity index (χ0n) is 8.08. The van der Waals surface area contributed by atoms with Crippen molar-refractivity contribution in [3.05, 3.63) is 23.2 Å². The van der Waals surface area contributed by atoms with Crippen molar-refractivity contribution in [2.45, 2.75) is 6.04 Å². The van der Waals surface area contributed by atoms with Gasteiger partial charge in [-0.3, -0.25) is 0 Å². The van der Waals surface area contributed by atoms with Crippen molar-refractivity contribution >= 4 is 17.3 Å². The second kappa shape index (κ2) is 3.32. The second-order valence-electron chi connectivity index (χ2n) is 4.10. The molecule has 3 heterocycles. The molecule has 0 aliphatic carbocycles. The van der Waals surface area contributed by atoms with Crippen molar-refractivity contribution < 1.29 is 4.39 Å². The standard InChI is InChI=1S/C10H11ClFN3/c11-10-8(12)1-7(3-14-10)15-5-6-2-13-4-9(6)15/h1,3,6,9,13H,2,4-5H2/t6-,9-/m0/s1. The van der Waals surface area contributed by atoms with E-state index in [2.05, 4.69) is 15.2 Å². The predicted molar refractivity (Wildman–Crippen MR) is 56.7 cm³/mol. The van der Waals surface area contributed by atoms with Crippen molar-refractivity contribution in [1.82, 2.24) is 10.3 Å². The Morgan fingerprint density at radius 1 is 1.53 bits per heavy atom. The highest BCUT2D eigenvalue weighted by molar-refractivity contribution is 6.29. The Balaban J connectivity index is 1.85. The molecule has 0 aromatic carbocycles. The topological polar surface area (TPSA) is 28.2 Å². The number of nitrogens with one attached hydrogen (secondary N) is 1. The van der Waals surface area contributed by atoms with E-state index in [1.54, 1.807) is 6.20 Å². The van der Waals surface area contributed by atoms with Crippen LogP contribution in [-0.2, 0) is 0 Å². The molecule has 0 amide bonds. The molecule has 2 aliphatic rings. The lowest BCUT2D eigenvalue weighted by Gasteiger charge is -2.45. The number of fused-ring (bicyclic) bond motifs is 1. The fraction of sp³-hybridized carbons (Fsp3) is 0.500. The van der Waals surface area contributed by atoms with E-state index in [0.29, 0.717) is 12.0 Å². The van der Waals surface area contributed by atoms with Gasteiger partial charge in [-0.2, -0.15) is 0 Å². The van der Waals surface area contributed by atoms with Crippen LogP contribution in [0.1, 0.15) is 0 Å². The maximum absolute atomic E-state index is 13.2. The van der Waals surface area contributed by atoms with Gasteiger partial charge in [-0.25, -0.2) is 9.37 Å². The monoisotopic (exact) mass is 227 g/mol. The zero-order chi connectivity index (χ0) is 10.4. The van der Waals surface area contributed by atoms with Crippen molar-refractivity contribution in [3.63, 3.8) is 0 Å². The Morgan fingerprint density at radius 2 is 2.40 bits per heavy atom. The fourth-order valence-electron chi connectivity index (χ4n) is 2.39. The van der Waals surface area contributed by atoms with Crippen LogP contribution in [0, 0.1) is 11.7 Å². The molecule has 0 unspecified atom stereocenters. The first-order chi connectivity index (χ1) is 7.25. The molecule has 0 radical (unpaired) electrons. The molecule has 3 nitrogen and oxygen atoms in total. The number of nitrogens with zero attached hydrogens (tertiary/aromatic N) is 2. The third kappa shape index (κ3) is 1.40. The molecule has 1 N–H and O–H groups in total. The summed E-state index contributed by atoms with van der Waals surface area (Å²) in [6.07, 6.45) is 1.64. The number of rotatable bonds is 1. The smallest absolute Gasteiger partial charge is 0.164 e. The molecule has 2 aliphatic heterocycles. The Bertz CT molecular complexity index is 398. The van der Waals surface area contributed by atoms with Crippen LogP contribution in [0.5, 0.6) is 0 Å². The summed E-state index contributed by atoms with van der Waals surface area (Å²) < 4.78 is 13.2. The molecule has 1 aromatic rings. The third-order valence-electron chi connectivity index (χ3n) is 3.25. The molecule has 2 atom stereocenters. The van der Waals surface area contributed by atoms with Crippen LogP contribution in [0.25, 0.3) is 0 Å². The van der Waals surface area contributed by atoms with Gasteiger partial charge in [0, 0.05) is 37.7 Å².